The Morgan fingerprint density at radius 1 is 0.931 bits per heavy atom. The van der Waals surface area contributed by atoms with Gasteiger partial charge in [-0.3, -0.25) is 0 Å². The van der Waals surface area contributed by atoms with Crippen LogP contribution in [-0.4, -0.2) is 5.97 Å². The van der Waals surface area contributed by atoms with Crippen LogP contribution in [0.25, 0.3) is 21.5 Å². The van der Waals surface area contributed by atoms with Gasteiger partial charge in [0.1, 0.15) is 29.0 Å². The van der Waals surface area contributed by atoms with Crippen molar-refractivity contribution in [2.75, 3.05) is 0 Å². The Kier molecular flexibility index (Phi) is 4.69. The number of carbonyl (C=O) groups is 1. The van der Waals surface area contributed by atoms with Crippen LogP contribution in [-0.2, 0) is 6.42 Å². The van der Waals surface area contributed by atoms with Gasteiger partial charge in [0.25, 0.3) is 0 Å². The van der Waals surface area contributed by atoms with Gasteiger partial charge in [0.05, 0.1) is 5.56 Å². The van der Waals surface area contributed by atoms with Gasteiger partial charge in [-0.1, -0.05) is 43.3 Å². The van der Waals surface area contributed by atoms with Gasteiger partial charge in [0.15, 0.2) is 0 Å². The average Bonchev–Trinajstić information content (AvgIpc) is 2.72. The number of ether oxygens (including phenoxy) is 1. The van der Waals surface area contributed by atoms with Crippen LogP contribution < -0.4 is 4.74 Å². The first kappa shape index (κ1) is 18.6. The second kappa shape index (κ2) is 7.33. The van der Waals surface area contributed by atoms with E-state index in [0.29, 0.717) is 0 Å². The number of esters is 1. The predicted octanol–water partition coefficient (Wildman–Crippen LogP) is 5.92. The standard InChI is InChI=1S/C24H15F2NO2/c1-2-14-3-7-19-15(9-14)4-5-16-10-17(6-8-20(16)19)24(28)29-18-11-22(25)21(13-27)23(26)12-18/h3-12H,2H2,1H3. The number of carbonyl (C=O) groups excluding carboxylic acids is 1. The molecule has 0 heterocycles. The fourth-order valence-electron chi connectivity index (χ4n) is 3.35. The summed E-state index contributed by atoms with van der Waals surface area (Å²) in [7, 11) is 0. The SMILES string of the molecule is CCc1ccc2c(ccc3cc(C(=O)Oc4cc(F)c(C#N)c(F)c4)ccc32)c1. The molecule has 4 aromatic carbocycles. The van der Waals surface area contributed by atoms with Gasteiger partial charge >= 0.3 is 5.97 Å². The summed E-state index contributed by atoms with van der Waals surface area (Å²) in [5.74, 6) is -3.19. The van der Waals surface area contributed by atoms with Crippen molar-refractivity contribution in [2.45, 2.75) is 13.3 Å². The third-order valence-electron chi connectivity index (χ3n) is 4.88. The monoisotopic (exact) mass is 387 g/mol. The highest BCUT2D eigenvalue weighted by atomic mass is 19.1. The molecule has 5 heteroatoms. The van der Waals surface area contributed by atoms with Crippen molar-refractivity contribution >= 4 is 27.5 Å². The van der Waals surface area contributed by atoms with Crippen molar-refractivity contribution in [3.05, 3.63) is 89.0 Å². The molecule has 0 atom stereocenters. The Hall–Kier alpha value is -3.78. The Labute approximate surface area is 165 Å². The Morgan fingerprint density at radius 2 is 1.55 bits per heavy atom. The second-order valence-electron chi connectivity index (χ2n) is 6.67. The van der Waals surface area contributed by atoms with E-state index in [0.717, 1.165) is 40.1 Å². The largest absolute Gasteiger partial charge is 0.423 e. The summed E-state index contributed by atoms with van der Waals surface area (Å²) >= 11 is 0. The lowest BCUT2D eigenvalue weighted by Crippen LogP contribution is -2.09. The highest BCUT2D eigenvalue weighted by Gasteiger charge is 2.15. The zero-order valence-electron chi connectivity index (χ0n) is 15.5. The lowest BCUT2D eigenvalue weighted by Gasteiger charge is -2.09. The van der Waals surface area contributed by atoms with E-state index in [1.165, 1.54) is 11.6 Å². The van der Waals surface area contributed by atoms with Crippen LogP contribution in [0, 0.1) is 23.0 Å². The number of hydrogen-bond donors (Lipinski definition) is 0. The molecule has 4 rings (SSSR count). The van der Waals surface area contributed by atoms with Crippen LogP contribution >= 0.6 is 0 Å². The quantitative estimate of drug-likeness (QED) is 0.249. The summed E-state index contributed by atoms with van der Waals surface area (Å²) in [4.78, 5) is 12.4. The molecule has 29 heavy (non-hydrogen) atoms. The van der Waals surface area contributed by atoms with Gasteiger partial charge < -0.3 is 4.74 Å². The van der Waals surface area contributed by atoms with E-state index < -0.39 is 23.2 Å². The maximum atomic E-state index is 13.7. The van der Waals surface area contributed by atoms with Crippen molar-refractivity contribution in [1.82, 2.24) is 0 Å². The van der Waals surface area contributed by atoms with E-state index in [4.69, 9.17) is 10.00 Å². The molecule has 0 bridgehead atoms. The molecule has 0 aliphatic carbocycles. The first-order valence-corrected chi connectivity index (χ1v) is 9.07. The molecule has 0 unspecified atom stereocenters. The average molecular weight is 387 g/mol. The molecule has 4 aromatic rings. The number of hydrogen-bond acceptors (Lipinski definition) is 3. The summed E-state index contributed by atoms with van der Waals surface area (Å²) in [6.07, 6.45) is 0.954. The maximum absolute atomic E-state index is 13.7. The minimum Gasteiger partial charge on any atom is -0.423 e. The molecule has 142 valence electrons. The van der Waals surface area contributed by atoms with Gasteiger partial charge in [-0.15, -0.1) is 0 Å². The number of benzene rings is 4. The third kappa shape index (κ3) is 3.41. The summed E-state index contributed by atoms with van der Waals surface area (Å²) < 4.78 is 32.5. The number of halogens is 2. The summed E-state index contributed by atoms with van der Waals surface area (Å²) in [5, 5.41) is 12.8. The van der Waals surface area contributed by atoms with Crippen molar-refractivity contribution in [2.24, 2.45) is 0 Å². The van der Waals surface area contributed by atoms with Crippen LogP contribution in [0.5, 0.6) is 5.75 Å². The second-order valence-corrected chi connectivity index (χ2v) is 6.67. The van der Waals surface area contributed by atoms with Crippen LogP contribution in [0.3, 0.4) is 0 Å². The van der Waals surface area contributed by atoms with E-state index in [2.05, 4.69) is 25.1 Å². The van der Waals surface area contributed by atoms with Crippen LogP contribution in [0.4, 0.5) is 8.78 Å². The summed E-state index contributed by atoms with van der Waals surface area (Å²) in [6.45, 7) is 2.10. The van der Waals surface area contributed by atoms with Crippen molar-refractivity contribution in [3.8, 4) is 11.8 Å². The normalized spacial score (nSPS) is 10.8. The predicted molar refractivity (Wildman–Crippen MR) is 107 cm³/mol. The van der Waals surface area contributed by atoms with E-state index in [1.807, 2.05) is 18.2 Å². The van der Waals surface area contributed by atoms with Gasteiger partial charge in [0.2, 0.25) is 0 Å². The molecule has 0 N–H and O–H groups in total. The van der Waals surface area contributed by atoms with Gasteiger partial charge in [0, 0.05) is 12.1 Å². The number of nitrogens with zero attached hydrogens (tertiary/aromatic N) is 1. The van der Waals surface area contributed by atoms with Gasteiger partial charge in [-0.25, -0.2) is 13.6 Å². The topological polar surface area (TPSA) is 50.1 Å². The molecule has 0 aliphatic heterocycles. The molecular weight excluding hydrogens is 372 g/mol. The van der Waals surface area contributed by atoms with Crippen molar-refractivity contribution < 1.29 is 18.3 Å². The van der Waals surface area contributed by atoms with E-state index in [-0.39, 0.29) is 11.3 Å². The lowest BCUT2D eigenvalue weighted by molar-refractivity contribution is 0.0734. The van der Waals surface area contributed by atoms with Crippen molar-refractivity contribution in [3.63, 3.8) is 0 Å². The van der Waals surface area contributed by atoms with Gasteiger partial charge in [-0.2, -0.15) is 5.26 Å². The minimum atomic E-state index is -1.08. The zero-order chi connectivity index (χ0) is 20.5. The van der Waals surface area contributed by atoms with E-state index >= 15 is 0 Å². The molecular formula is C24H15F2NO2. The summed E-state index contributed by atoms with van der Waals surface area (Å²) in [5.41, 5.74) is 0.791. The van der Waals surface area contributed by atoms with Crippen LogP contribution in [0.15, 0.2) is 60.7 Å². The number of fused-ring (bicyclic) bond motifs is 3. The molecule has 0 fully saturated rings. The Morgan fingerprint density at radius 3 is 2.17 bits per heavy atom. The summed E-state index contributed by atoms with van der Waals surface area (Å²) in [6, 6.07) is 18.4. The first-order chi connectivity index (χ1) is 14.0. The third-order valence-corrected chi connectivity index (χ3v) is 4.88. The molecule has 0 saturated heterocycles. The number of rotatable bonds is 3. The Bertz CT molecular complexity index is 1300. The molecule has 0 radical (unpaired) electrons. The zero-order valence-corrected chi connectivity index (χ0v) is 15.5. The van der Waals surface area contributed by atoms with Gasteiger partial charge in [-0.05, 0) is 45.7 Å². The highest BCUT2D eigenvalue weighted by Crippen LogP contribution is 2.28. The van der Waals surface area contributed by atoms with Crippen LogP contribution in [0.1, 0.15) is 28.4 Å². The molecule has 0 saturated carbocycles. The number of aryl methyl sites for hydroxylation is 1. The maximum Gasteiger partial charge on any atom is 0.343 e. The fourth-order valence-corrected chi connectivity index (χ4v) is 3.35. The lowest BCUT2D eigenvalue weighted by atomic mass is 9.98. The highest BCUT2D eigenvalue weighted by molar-refractivity contribution is 6.09. The van der Waals surface area contributed by atoms with Crippen molar-refractivity contribution in [1.29, 1.82) is 5.26 Å². The van der Waals surface area contributed by atoms with Crippen LogP contribution in [0.2, 0.25) is 0 Å². The molecule has 0 aromatic heterocycles. The minimum absolute atomic E-state index is 0.257. The Balaban J connectivity index is 1.68. The number of nitriles is 1. The smallest absolute Gasteiger partial charge is 0.343 e. The molecule has 0 amide bonds. The van der Waals surface area contributed by atoms with E-state index in [1.54, 1.807) is 12.1 Å². The van der Waals surface area contributed by atoms with E-state index in [9.17, 15) is 13.6 Å². The molecule has 0 spiro atoms. The molecule has 0 aliphatic rings. The fraction of sp³-hybridized carbons (Fsp3) is 0.0833. The first-order valence-electron chi connectivity index (χ1n) is 9.07. The molecule has 3 nitrogen and oxygen atoms in total.